The van der Waals surface area contributed by atoms with Crippen molar-refractivity contribution in [2.45, 2.75) is 51.9 Å². The number of ether oxygens (including phenoxy) is 2. The van der Waals surface area contributed by atoms with Crippen molar-refractivity contribution in [1.29, 1.82) is 0 Å². The largest absolute Gasteiger partial charge is 0.348 e. The maximum atomic E-state index is 10.7. The van der Waals surface area contributed by atoms with Gasteiger partial charge in [-0.1, -0.05) is 0 Å². The summed E-state index contributed by atoms with van der Waals surface area (Å²) in [6.07, 6.45) is 2.45. The number of ketones is 1. The Morgan fingerprint density at radius 3 is 2.77 bits per heavy atom. The third-order valence-corrected chi connectivity index (χ3v) is 2.23. The first-order valence-electron chi connectivity index (χ1n) is 4.83. The van der Waals surface area contributed by atoms with Crippen LogP contribution in [0.1, 0.15) is 40.0 Å². The Balaban J connectivity index is 2.23. The van der Waals surface area contributed by atoms with Crippen LogP contribution >= 0.6 is 0 Å². The number of hydrogen-bond acceptors (Lipinski definition) is 3. The Hall–Kier alpha value is -0.410. The highest BCUT2D eigenvalue weighted by atomic mass is 16.7. The van der Waals surface area contributed by atoms with Crippen molar-refractivity contribution < 1.29 is 14.3 Å². The van der Waals surface area contributed by atoms with E-state index in [1.165, 1.54) is 0 Å². The van der Waals surface area contributed by atoms with Crippen LogP contribution in [0, 0.1) is 0 Å². The number of hydrogen-bond donors (Lipinski definition) is 0. The van der Waals surface area contributed by atoms with Crippen molar-refractivity contribution in [3.63, 3.8) is 0 Å². The predicted octanol–water partition coefficient (Wildman–Crippen LogP) is 1.90. The highest BCUT2D eigenvalue weighted by Gasteiger charge is 2.34. The van der Waals surface area contributed by atoms with Gasteiger partial charge < -0.3 is 14.3 Å². The molecule has 13 heavy (non-hydrogen) atoms. The Morgan fingerprint density at radius 1 is 1.62 bits per heavy atom. The summed E-state index contributed by atoms with van der Waals surface area (Å²) in [7, 11) is 0. The molecule has 0 aliphatic carbocycles. The summed E-state index contributed by atoms with van der Waals surface area (Å²) >= 11 is 0. The summed E-state index contributed by atoms with van der Waals surface area (Å²) in [5, 5.41) is 0. The van der Waals surface area contributed by atoms with Crippen LogP contribution < -0.4 is 0 Å². The molecule has 76 valence electrons. The number of rotatable bonds is 4. The number of carbonyl (C=O) groups excluding carboxylic acids is 1. The summed E-state index contributed by atoms with van der Waals surface area (Å²) in [6.45, 7) is 6.21. The van der Waals surface area contributed by atoms with Crippen LogP contribution in [0.2, 0.25) is 0 Å². The topological polar surface area (TPSA) is 35.5 Å². The van der Waals surface area contributed by atoms with Gasteiger partial charge in [-0.15, -0.1) is 0 Å². The van der Waals surface area contributed by atoms with Gasteiger partial charge in [0.1, 0.15) is 5.78 Å². The smallest absolute Gasteiger partial charge is 0.166 e. The standard InChI is InChI=1S/C10H18O3/c1-8(11)5-4-6-10(3)12-7-9(2)13-10/h9H,4-7H2,1-3H3. The number of carbonyl (C=O) groups is 1. The lowest BCUT2D eigenvalue weighted by Gasteiger charge is -2.22. The monoisotopic (exact) mass is 186 g/mol. The average Bonchev–Trinajstić information content (AvgIpc) is 2.30. The summed E-state index contributed by atoms with van der Waals surface area (Å²) in [4.78, 5) is 10.7. The molecule has 1 aliphatic heterocycles. The van der Waals surface area contributed by atoms with Crippen molar-refractivity contribution in [2.75, 3.05) is 6.61 Å². The Kier molecular flexibility index (Phi) is 3.45. The lowest BCUT2D eigenvalue weighted by atomic mass is 10.1. The van der Waals surface area contributed by atoms with Gasteiger partial charge in [0.25, 0.3) is 0 Å². The van der Waals surface area contributed by atoms with Crippen molar-refractivity contribution in [3.8, 4) is 0 Å². The summed E-state index contributed by atoms with van der Waals surface area (Å²) in [6, 6.07) is 0. The highest BCUT2D eigenvalue weighted by molar-refractivity contribution is 5.75. The fraction of sp³-hybridized carbons (Fsp3) is 0.900. The third kappa shape index (κ3) is 3.44. The zero-order valence-corrected chi connectivity index (χ0v) is 8.63. The van der Waals surface area contributed by atoms with Gasteiger partial charge in [-0.3, -0.25) is 0 Å². The van der Waals surface area contributed by atoms with Gasteiger partial charge in [0.05, 0.1) is 12.7 Å². The average molecular weight is 186 g/mol. The van der Waals surface area contributed by atoms with Crippen molar-refractivity contribution in [3.05, 3.63) is 0 Å². The Bertz CT molecular complexity index is 191. The van der Waals surface area contributed by atoms with Gasteiger partial charge in [0, 0.05) is 12.8 Å². The minimum absolute atomic E-state index is 0.183. The SMILES string of the molecule is CC(=O)CCCC1(C)OCC(C)O1. The van der Waals surface area contributed by atoms with Gasteiger partial charge in [-0.25, -0.2) is 0 Å². The minimum atomic E-state index is -0.450. The first kappa shape index (κ1) is 10.7. The zero-order chi connectivity index (χ0) is 9.90. The van der Waals surface area contributed by atoms with Gasteiger partial charge in [-0.05, 0) is 27.2 Å². The molecule has 1 rings (SSSR count). The lowest BCUT2D eigenvalue weighted by molar-refractivity contribution is -0.157. The molecule has 0 aromatic rings. The molecule has 0 amide bonds. The van der Waals surface area contributed by atoms with E-state index in [1.54, 1.807) is 6.92 Å². The summed E-state index contributed by atoms with van der Waals surface area (Å²) < 4.78 is 11.1. The normalized spacial score (nSPS) is 33.6. The molecule has 1 saturated heterocycles. The molecule has 1 fully saturated rings. The van der Waals surface area contributed by atoms with E-state index in [4.69, 9.17) is 9.47 Å². The second kappa shape index (κ2) is 4.20. The van der Waals surface area contributed by atoms with Crippen molar-refractivity contribution >= 4 is 5.78 Å². The van der Waals surface area contributed by atoms with E-state index in [-0.39, 0.29) is 11.9 Å². The van der Waals surface area contributed by atoms with E-state index in [9.17, 15) is 4.79 Å². The van der Waals surface area contributed by atoms with Crippen LogP contribution in [0.3, 0.4) is 0 Å². The van der Waals surface area contributed by atoms with Crippen LogP contribution in [0.4, 0.5) is 0 Å². The van der Waals surface area contributed by atoms with Crippen LogP contribution in [0.15, 0.2) is 0 Å². The van der Waals surface area contributed by atoms with E-state index in [0.717, 1.165) is 12.8 Å². The molecule has 0 bridgehead atoms. The van der Waals surface area contributed by atoms with E-state index >= 15 is 0 Å². The molecular weight excluding hydrogens is 168 g/mol. The molecule has 0 aromatic carbocycles. The zero-order valence-electron chi connectivity index (χ0n) is 8.63. The fourth-order valence-electron chi connectivity index (χ4n) is 1.58. The lowest BCUT2D eigenvalue weighted by Crippen LogP contribution is -2.26. The molecule has 1 heterocycles. The van der Waals surface area contributed by atoms with Gasteiger partial charge in [0.15, 0.2) is 5.79 Å². The molecule has 3 heteroatoms. The highest BCUT2D eigenvalue weighted by Crippen LogP contribution is 2.28. The maximum absolute atomic E-state index is 10.7. The maximum Gasteiger partial charge on any atom is 0.166 e. The number of Topliss-reactive ketones (excluding diaryl/α,β-unsaturated/α-hetero) is 1. The predicted molar refractivity (Wildman–Crippen MR) is 49.4 cm³/mol. The first-order valence-corrected chi connectivity index (χ1v) is 4.83. The van der Waals surface area contributed by atoms with Crippen LogP contribution in [0.5, 0.6) is 0 Å². The molecule has 2 unspecified atom stereocenters. The second-order valence-electron chi connectivity index (χ2n) is 3.93. The van der Waals surface area contributed by atoms with Gasteiger partial charge in [0.2, 0.25) is 0 Å². The van der Waals surface area contributed by atoms with Gasteiger partial charge >= 0.3 is 0 Å². The molecule has 0 N–H and O–H groups in total. The van der Waals surface area contributed by atoms with Crippen molar-refractivity contribution in [2.24, 2.45) is 0 Å². The third-order valence-electron chi connectivity index (χ3n) is 2.23. The quantitative estimate of drug-likeness (QED) is 0.672. The van der Waals surface area contributed by atoms with Crippen molar-refractivity contribution in [1.82, 2.24) is 0 Å². The molecule has 3 nitrogen and oxygen atoms in total. The summed E-state index contributed by atoms with van der Waals surface area (Å²) in [5.74, 6) is -0.218. The molecule has 1 aliphatic rings. The molecule has 2 atom stereocenters. The van der Waals surface area contributed by atoms with Crippen LogP contribution in [-0.4, -0.2) is 24.3 Å². The van der Waals surface area contributed by atoms with Crippen LogP contribution in [-0.2, 0) is 14.3 Å². The molecular formula is C10H18O3. The second-order valence-corrected chi connectivity index (χ2v) is 3.93. The molecule has 0 spiro atoms. The van der Waals surface area contributed by atoms with Crippen LogP contribution in [0.25, 0.3) is 0 Å². The molecule has 0 saturated carbocycles. The van der Waals surface area contributed by atoms with E-state index in [1.807, 2.05) is 13.8 Å². The molecule has 0 aromatic heterocycles. The summed E-state index contributed by atoms with van der Waals surface area (Å²) in [5.41, 5.74) is 0. The Labute approximate surface area is 79.4 Å². The fourth-order valence-corrected chi connectivity index (χ4v) is 1.58. The van der Waals surface area contributed by atoms with E-state index in [0.29, 0.717) is 13.0 Å². The van der Waals surface area contributed by atoms with E-state index < -0.39 is 5.79 Å². The van der Waals surface area contributed by atoms with E-state index in [2.05, 4.69) is 0 Å². The minimum Gasteiger partial charge on any atom is -0.348 e. The molecule has 0 radical (unpaired) electrons. The first-order chi connectivity index (χ1) is 6.02. The Morgan fingerprint density at radius 2 is 2.31 bits per heavy atom. The van der Waals surface area contributed by atoms with Gasteiger partial charge in [-0.2, -0.15) is 0 Å².